The number of para-hydroxylation sites is 1. The number of nitrogens with zero attached hydrogens (tertiary/aromatic N) is 2. The molecular weight excluding hydrogens is 357 g/mol. The van der Waals surface area contributed by atoms with Crippen molar-refractivity contribution in [2.24, 2.45) is 5.92 Å². The molecule has 2 aromatic rings. The molecule has 2 fully saturated rings. The summed E-state index contributed by atoms with van der Waals surface area (Å²) in [5.74, 6) is 1.43. The first-order valence-electron chi connectivity index (χ1n) is 10.5. The quantitative estimate of drug-likeness (QED) is 0.853. The Labute approximate surface area is 165 Å². The maximum absolute atomic E-state index is 13.3. The molecule has 1 atom stereocenters. The number of alkyl halides is 1. The van der Waals surface area contributed by atoms with Crippen molar-refractivity contribution < 1.29 is 13.9 Å². The summed E-state index contributed by atoms with van der Waals surface area (Å²) in [5, 5.41) is 4.05. The van der Waals surface area contributed by atoms with Crippen LogP contribution in [0.3, 0.4) is 0 Å². The van der Waals surface area contributed by atoms with E-state index in [-0.39, 0.29) is 11.9 Å². The summed E-state index contributed by atoms with van der Waals surface area (Å²) < 4.78 is 21.0. The van der Waals surface area contributed by atoms with Crippen molar-refractivity contribution in [2.75, 3.05) is 33.4 Å². The molecule has 152 valence electrons. The van der Waals surface area contributed by atoms with Gasteiger partial charge in [0, 0.05) is 37.8 Å². The molecule has 1 aliphatic heterocycles. The number of fused-ring (bicyclic) bond motifs is 1. The van der Waals surface area contributed by atoms with Gasteiger partial charge in [0.2, 0.25) is 0 Å². The Hall–Kier alpha value is -2.08. The van der Waals surface area contributed by atoms with Gasteiger partial charge in [-0.3, -0.25) is 4.79 Å². The van der Waals surface area contributed by atoms with Gasteiger partial charge >= 0.3 is 0 Å². The predicted octanol–water partition coefficient (Wildman–Crippen LogP) is 3.61. The van der Waals surface area contributed by atoms with Crippen LogP contribution in [0.2, 0.25) is 0 Å². The number of carbonyl (C=O) groups is 1. The van der Waals surface area contributed by atoms with Crippen LogP contribution in [0.15, 0.2) is 24.4 Å². The first-order chi connectivity index (χ1) is 13.7. The Kier molecular flexibility index (Phi) is 5.85. The van der Waals surface area contributed by atoms with Gasteiger partial charge in [-0.2, -0.15) is 0 Å². The van der Waals surface area contributed by atoms with Crippen molar-refractivity contribution in [1.82, 2.24) is 14.8 Å². The molecule has 6 heteroatoms. The molecule has 1 unspecified atom stereocenters. The second-order valence-corrected chi connectivity index (χ2v) is 8.11. The van der Waals surface area contributed by atoms with Gasteiger partial charge in [0.15, 0.2) is 0 Å². The van der Waals surface area contributed by atoms with Gasteiger partial charge < -0.3 is 19.5 Å². The minimum atomic E-state index is -0.457. The van der Waals surface area contributed by atoms with Gasteiger partial charge in [-0.1, -0.05) is 31.4 Å². The van der Waals surface area contributed by atoms with Crippen molar-refractivity contribution >= 4 is 16.8 Å². The van der Waals surface area contributed by atoms with E-state index in [1.807, 2.05) is 24.4 Å². The highest BCUT2D eigenvalue weighted by Crippen LogP contribution is 2.33. The maximum Gasteiger partial charge on any atom is 0.256 e. The number of piperazine rings is 1. The molecule has 1 N–H and O–H groups in total. The number of aromatic nitrogens is 1. The Balaban J connectivity index is 1.68. The molecule has 1 saturated carbocycles. The van der Waals surface area contributed by atoms with E-state index in [1.54, 1.807) is 12.0 Å². The predicted molar refractivity (Wildman–Crippen MR) is 109 cm³/mol. The summed E-state index contributed by atoms with van der Waals surface area (Å²) >= 11 is 0. The molecule has 0 radical (unpaired) electrons. The van der Waals surface area contributed by atoms with Crippen LogP contribution in [0.1, 0.15) is 42.5 Å². The van der Waals surface area contributed by atoms with E-state index in [2.05, 4.69) is 9.88 Å². The van der Waals surface area contributed by atoms with E-state index >= 15 is 0 Å². The molecule has 4 rings (SSSR count). The molecule has 5 nitrogen and oxygen atoms in total. The molecule has 1 saturated heterocycles. The normalized spacial score (nSPS) is 21.2. The first-order valence-corrected chi connectivity index (χ1v) is 10.5. The second-order valence-electron chi connectivity index (χ2n) is 8.11. The monoisotopic (exact) mass is 387 g/mol. The molecule has 0 spiro atoms. The Morgan fingerprint density at radius 1 is 1.29 bits per heavy atom. The fourth-order valence-electron chi connectivity index (χ4n) is 4.74. The third-order valence-corrected chi connectivity index (χ3v) is 6.22. The average molecular weight is 387 g/mol. The number of rotatable bonds is 5. The van der Waals surface area contributed by atoms with E-state index < -0.39 is 6.67 Å². The van der Waals surface area contributed by atoms with Crippen LogP contribution < -0.4 is 10.1 Å². The molecule has 1 amide bonds. The van der Waals surface area contributed by atoms with Crippen LogP contribution in [0.5, 0.6) is 5.75 Å². The molecule has 1 aromatic heterocycles. The number of amides is 1. The van der Waals surface area contributed by atoms with Gasteiger partial charge in [0.05, 0.1) is 24.2 Å². The number of halogens is 1. The molecule has 1 aliphatic carbocycles. The zero-order valence-electron chi connectivity index (χ0n) is 16.6. The highest BCUT2D eigenvalue weighted by Gasteiger charge is 2.27. The summed E-state index contributed by atoms with van der Waals surface area (Å²) in [7, 11) is 1.68. The lowest BCUT2D eigenvalue weighted by atomic mass is 9.89. The standard InChI is InChI=1S/C22H30FN3O2/c1-28-20-9-5-8-18-19(22(27)25-11-10-24-17(12-23)14-25)15-26(21(18)20)13-16-6-3-2-4-7-16/h5,8-9,15-17,24H,2-4,6-7,10-14H2,1H3. The first kappa shape index (κ1) is 19.2. The summed E-state index contributed by atoms with van der Waals surface area (Å²) in [4.78, 5) is 15.1. The number of benzene rings is 1. The van der Waals surface area contributed by atoms with Crippen molar-refractivity contribution in [3.63, 3.8) is 0 Å². The van der Waals surface area contributed by atoms with E-state index in [4.69, 9.17) is 4.74 Å². The van der Waals surface area contributed by atoms with Gasteiger partial charge in [-0.15, -0.1) is 0 Å². The van der Waals surface area contributed by atoms with Crippen molar-refractivity contribution in [2.45, 2.75) is 44.7 Å². The van der Waals surface area contributed by atoms with Crippen LogP contribution in [0, 0.1) is 5.92 Å². The summed E-state index contributed by atoms with van der Waals surface area (Å²) in [6.45, 7) is 2.10. The van der Waals surface area contributed by atoms with Gasteiger partial charge in [-0.05, 0) is 24.8 Å². The van der Waals surface area contributed by atoms with E-state index in [0.29, 0.717) is 31.1 Å². The van der Waals surface area contributed by atoms with Crippen LogP contribution in [-0.2, 0) is 6.54 Å². The lowest BCUT2D eigenvalue weighted by Crippen LogP contribution is -2.53. The molecule has 28 heavy (non-hydrogen) atoms. The fraction of sp³-hybridized carbons (Fsp3) is 0.591. The number of hydrogen-bond acceptors (Lipinski definition) is 3. The van der Waals surface area contributed by atoms with E-state index in [1.165, 1.54) is 32.1 Å². The Morgan fingerprint density at radius 3 is 2.86 bits per heavy atom. The summed E-state index contributed by atoms with van der Waals surface area (Å²) in [6.07, 6.45) is 8.39. The van der Waals surface area contributed by atoms with Crippen molar-refractivity contribution in [3.8, 4) is 5.75 Å². The van der Waals surface area contributed by atoms with Crippen molar-refractivity contribution in [1.29, 1.82) is 0 Å². The zero-order chi connectivity index (χ0) is 19.5. The molecule has 1 aromatic carbocycles. The number of hydrogen-bond donors (Lipinski definition) is 1. The van der Waals surface area contributed by atoms with E-state index in [9.17, 15) is 9.18 Å². The lowest BCUT2D eigenvalue weighted by molar-refractivity contribution is 0.0694. The lowest BCUT2D eigenvalue weighted by Gasteiger charge is -2.32. The highest BCUT2D eigenvalue weighted by molar-refractivity contribution is 6.08. The van der Waals surface area contributed by atoms with Crippen LogP contribution in [0.25, 0.3) is 10.9 Å². The Morgan fingerprint density at radius 2 is 2.11 bits per heavy atom. The maximum atomic E-state index is 13.3. The van der Waals surface area contributed by atoms with Crippen molar-refractivity contribution in [3.05, 3.63) is 30.0 Å². The minimum Gasteiger partial charge on any atom is -0.495 e. The average Bonchev–Trinajstić information content (AvgIpc) is 3.12. The molecular formula is C22H30FN3O2. The van der Waals surface area contributed by atoms with Crippen LogP contribution in [-0.4, -0.2) is 54.8 Å². The van der Waals surface area contributed by atoms with Gasteiger partial charge in [0.25, 0.3) is 5.91 Å². The number of methoxy groups -OCH3 is 1. The SMILES string of the molecule is COc1cccc2c(C(=O)N3CCNC(CF)C3)cn(CC3CCCCC3)c12. The van der Waals surface area contributed by atoms with Gasteiger partial charge in [-0.25, -0.2) is 4.39 Å². The highest BCUT2D eigenvalue weighted by atomic mass is 19.1. The zero-order valence-corrected chi connectivity index (χ0v) is 16.6. The molecule has 2 heterocycles. The largest absolute Gasteiger partial charge is 0.495 e. The summed E-state index contributed by atoms with van der Waals surface area (Å²) in [6, 6.07) is 5.61. The topological polar surface area (TPSA) is 46.5 Å². The minimum absolute atomic E-state index is 0.0133. The molecule has 0 bridgehead atoms. The Bertz CT molecular complexity index is 829. The summed E-state index contributed by atoms with van der Waals surface area (Å²) in [5.41, 5.74) is 1.69. The second kappa shape index (κ2) is 8.52. The van der Waals surface area contributed by atoms with E-state index in [0.717, 1.165) is 23.2 Å². The third-order valence-electron chi connectivity index (χ3n) is 6.22. The van der Waals surface area contributed by atoms with Gasteiger partial charge in [0.1, 0.15) is 12.4 Å². The molecule has 2 aliphatic rings. The van der Waals surface area contributed by atoms with Crippen LogP contribution >= 0.6 is 0 Å². The number of nitrogens with one attached hydrogen (secondary N) is 1. The third kappa shape index (κ3) is 3.75. The number of carbonyl (C=O) groups excluding carboxylic acids is 1. The number of ether oxygens (including phenoxy) is 1. The van der Waals surface area contributed by atoms with Crippen LogP contribution in [0.4, 0.5) is 4.39 Å². The fourth-order valence-corrected chi connectivity index (χ4v) is 4.74. The smallest absolute Gasteiger partial charge is 0.256 e.